The van der Waals surface area contributed by atoms with Crippen molar-refractivity contribution < 1.29 is 9.90 Å². The molecule has 24 heavy (non-hydrogen) atoms. The molecule has 132 valence electrons. The second kappa shape index (κ2) is 8.08. The van der Waals surface area contributed by atoms with Gasteiger partial charge in [0.25, 0.3) is 5.91 Å². The topological polar surface area (TPSA) is 56.7 Å². The van der Waals surface area contributed by atoms with Crippen LogP contribution in [0.25, 0.3) is 0 Å². The third kappa shape index (κ3) is 4.14. The lowest BCUT2D eigenvalue weighted by atomic mass is 9.96. The minimum Gasteiger partial charge on any atom is -0.396 e. The van der Waals surface area contributed by atoms with Crippen molar-refractivity contribution in [1.29, 1.82) is 0 Å². The van der Waals surface area contributed by atoms with Gasteiger partial charge in [-0.25, -0.2) is 4.98 Å². The van der Waals surface area contributed by atoms with E-state index in [1.807, 2.05) is 24.0 Å². The highest BCUT2D eigenvalue weighted by Gasteiger charge is 2.36. The van der Waals surface area contributed by atoms with E-state index in [2.05, 4.69) is 9.88 Å². The van der Waals surface area contributed by atoms with Gasteiger partial charge in [0.1, 0.15) is 5.69 Å². The third-order valence-electron chi connectivity index (χ3n) is 5.40. The molecule has 3 heterocycles. The summed E-state index contributed by atoms with van der Waals surface area (Å²) in [6.45, 7) is 6.74. The summed E-state index contributed by atoms with van der Waals surface area (Å²) in [6.07, 6.45) is 5.20. The van der Waals surface area contributed by atoms with E-state index in [4.69, 9.17) is 0 Å². The van der Waals surface area contributed by atoms with E-state index in [-0.39, 0.29) is 18.4 Å². The van der Waals surface area contributed by atoms with Crippen molar-refractivity contribution in [2.24, 2.45) is 11.8 Å². The molecule has 0 saturated carbocycles. The predicted octanol–water partition coefficient (Wildman–Crippen LogP) is 1.95. The molecule has 3 rings (SSSR count). The lowest BCUT2D eigenvalue weighted by Crippen LogP contribution is -2.35. The van der Waals surface area contributed by atoms with Crippen molar-refractivity contribution in [2.75, 3.05) is 39.3 Å². The van der Waals surface area contributed by atoms with Gasteiger partial charge in [0.05, 0.1) is 0 Å². The van der Waals surface area contributed by atoms with E-state index < -0.39 is 0 Å². The second-order valence-electron chi connectivity index (χ2n) is 7.29. The summed E-state index contributed by atoms with van der Waals surface area (Å²) >= 11 is 0. The highest BCUT2D eigenvalue weighted by Crippen LogP contribution is 2.26. The molecule has 2 aliphatic rings. The fourth-order valence-electron chi connectivity index (χ4n) is 3.99. The molecular formula is C19H29N3O2. The number of hydrogen-bond donors (Lipinski definition) is 1. The molecule has 1 aromatic heterocycles. The number of carbonyl (C=O) groups is 1. The van der Waals surface area contributed by atoms with Gasteiger partial charge in [-0.1, -0.05) is 18.9 Å². The van der Waals surface area contributed by atoms with E-state index in [0.717, 1.165) is 31.9 Å². The van der Waals surface area contributed by atoms with Crippen molar-refractivity contribution >= 4 is 5.91 Å². The smallest absolute Gasteiger partial charge is 0.272 e. The number of rotatable bonds is 4. The summed E-state index contributed by atoms with van der Waals surface area (Å²) in [6, 6.07) is 5.56. The SMILES string of the molecule is Cc1cccc(C(=O)N2C[C@@H](CN3CCCCCC3)[C@@H](CO)C2)n1. The monoisotopic (exact) mass is 331 g/mol. The van der Waals surface area contributed by atoms with Crippen LogP contribution in [0, 0.1) is 18.8 Å². The maximum atomic E-state index is 12.7. The van der Waals surface area contributed by atoms with Gasteiger partial charge in [-0.15, -0.1) is 0 Å². The summed E-state index contributed by atoms with van der Waals surface area (Å²) in [5.41, 5.74) is 1.38. The Labute approximate surface area is 144 Å². The van der Waals surface area contributed by atoms with Crippen LogP contribution in [0.5, 0.6) is 0 Å². The lowest BCUT2D eigenvalue weighted by Gasteiger charge is -2.26. The van der Waals surface area contributed by atoms with Gasteiger partial charge < -0.3 is 14.9 Å². The molecular weight excluding hydrogens is 302 g/mol. The first-order chi connectivity index (χ1) is 11.7. The lowest BCUT2D eigenvalue weighted by molar-refractivity contribution is 0.0773. The van der Waals surface area contributed by atoms with Gasteiger partial charge in [-0.05, 0) is 50.9 Å². The molecule has 1 N–H and O–H groups in total. The zero-order valence-corrected chi connectivity index (χ0v) is 14.7. The molecule has 2 fully saturated rings. The number of aromatic nitrogens is 1. The van der Waals surface area contributed by atoms with E-state index in [0.29, 0.717) is 18.2 Å². The third-order valence-corrected chi connectivity index (χ3v) is 5.40. The Morgan fingerprint density at radius 3 is 2.54 bits per heavy atom. The minimum absolute atomic E-state index is 0.00415. The first-order valence-electron chi connectivity index (χ1n) is 9.23. The molecule has 2 saturated heterocycles. The van der Waals surface area contributed by atoms with Gasteiger partial charge in [0.2, 0.25) is 0 Å². The second-order valence-corrected chi connectivity index (χ2v) is 7.29. The summed E-state index contributed by atoms with van der Waals surface area (Å²) in [5.74, 6) is 0.541. The van der Waals surface area contributed by atoms with E-state index >= 15 is 0 Å². The van der Waals surface area contributed by atoms with Crippen LogP contribution in [-0.4, -0.2) is 65.1 Å². The number of carbonyl (C=O) groups excluding carboxylic acids is 1. The first-order valence-corrected chi connectivity index (χ1v) is 9.23. The number of amides is 1. The van der Waals surface area contributed by atoms with Crippen LogP contribution in [0.4, 0.5) is 0 Å². The molecule has 5 heteroatoms. The molecule has 0 bridgehead atoms. The molecule has 0 aliphatic carbocycles. The summed E-state index contributed by atoms with van der Waals surface area (Å²) in [7, 11) is 0. The zero-order chi connectivity index (χ0) is 16.9. The average molecular weight is 331 g/mol. The number of aliphatic hydroxyl groups is 1. The Morgan fingerprint density at radius 2 is 1.88 bits per heavy atom. The maximum absolute atomic E-state index is 12.7. The predicted molar refractivity (Wildman–Crippen MR) is 93.9 cm³/mol. The van der Waals surface area contributed by atoms with Crippen LogP contribution in [0.1, 0.15) is 41.9 Å². The molecule has 0 unspecified atom stereocenters. The van der Waals surface area contributed by atoms with Crippen molar-refractivity contribution in [1.82, 2.24) is 14.8 Å². The Bertz CT molecular complexity index is 555. The fraction of sp³-hybridized carbons (Fsp3) is 0.684. The van der Waals surface area contributed by atoms with Crippen molar-refractivity contribution in [3.8, 4) is 0 Å². The highest BCUT2D eigenvalue weighted by molar-refractivity contribution is 5.92. The Kier molecular flexibility index (Phi) is 5.85. The number of pyridine rings is 1. The van der Waals surface area contributed by atoms with Gasteiger partial charge in [0.15, 0.2) is 0 Å². The first kappa shape index (κ1) is 17.4. The number of nitrogens with zero attached hydrogens (tertiary/aromatic N) is 3. The van der Waals surface area contributed by atoms with Crippen molar-refractivity contribution in [3.63, 3.8) is 0 Å². The van der Waals surface area contributed by atoms with E-state index in [1.165, 1.54) is 25.7 Å². The van der Waals surface area contributed by atoms with E-state index in [1.54, 1.807) is 6.07 Å². The fourth-order valence-corrected chi connectivity index (χ4v) is 3.99. The molecule has 0 spiro atoms. The molecule has 1 aromatic rings. The van der Waals surface area contributed by atoms with E-state index in [9.17, 15) is 9.90 Å². The van der Waals surface area contributed by atoms with Crippen molar-refractivity contribution in [2.45, 2.75) is 32.6 Å². The summed E-state index contributed by atoms with van der Waals surface area (Å²) in [4.78, 5) is 21.5. The van der Waals surface area contributed by atoms with Crippen LogP contribution >= 0.6 is 0 Å². The molecule has 5 nitrogen and oxygen atoms in total. The average Bonchev–Trinajstić information content (AvgIpc) is 2.81. The van der Waals surface area contributed by atoms with Gasteiger partial charge in [-0.3, -0.25) is 4.79 Å². The van der Waals surface area contributed by atoms with Gasteiger partial charge in [-0.2, -0.15) is 0 Å². The zero-order valence-electron chi connectivity index (χ0n) is 14.7. The molecule has 1 amide bonds. The Morgan fingerprint density at radius 1 is 1.17 bits per heavy atom. The minimum atomic E-state index is -0.00415. The number of aliphatic hydroxyl groups excluding tert-OH is 1. The van der Waals surface area contributed by atoms with Crippen LogP contribution in [0.2, 0.25) is 0 Å². The number of hydrogen-bond acceptors (Lipinski definition) is 4. The maximum Gasteiger partial charge on any atom is 0.272 e. The molecule has 2 atom stereocenters. The Balaban J connectivity index is 1.64. The van der Waals surface area contributed by atoms with Gasteiger partial charge >= 0.3 is 0 Å². The normalized spacial score (nSPS) is 25.7. The largest absolute Gasteiger partial charge is 0.396 e. The summed E-state index contributed by atoms with van der Waals surface area (Å²) < 4.78 is 0. The summed E-state index contributed by atoms with van der Waals surface area (Å²) in [5, 5.41) is 9.76. The number of aryl methyl sites for hydroxylation is 1. The molecule has 0 radical (unpaired) electrons. The standard InChI is InChI=1S/C19H29N3O2/c1-15-7-6-8-18(20-15)19(24)22-12-16(17(13-22)14-23)11-21-9-4-2-3-5-10-21/h6-8,16-17,23H,2-5,9-14H2,1H3/t16-,17-/m1/s1. The molecule has 2 aliphatic heterocycles. The van der Waals surface area contributed by atoms with Crippen LogP contribution in [-0.2, 0) is 0 Å². The highest BCUT2D eigenvalue weighted by atomic mass is 16.3. The number of likely N-dealkylation sites (tertiary alicyclic amines) is 2. The van der Waals surface area contributed by atoms with Crippen LogP contribution in [0.15, 0.2) is 18.2 Å². The van der Waals surface area contributed by atoms with Crippen LogP contribution in [0.3, 0.4) is 0 Å². The van der Waals surface area contributed by atoms with Crippen LogP contribution < -0.4 is 0 Å². The Hall–Kier alpha value is -1.46. The molecule has 0 aromatic carbocycles. The van der Waals surface area contributed by atoms with Gasteiger partial charge in [0, 0.05) is 37.9 Å². The van der Waals surface area contributed by atoms with Crippen molar-refractivity contribution in [3.05, 3.63) is 29.6 Å². The quantitative estimate of drug-likeness (QED) is 0.916.